The molecular formula is C24H20O5S. The molecule has 0 amide bonds. The van der Waals surface area contributed by atoms with Gasteiger partial charge in [0.1, 0.15) is 11.5 Å². The van der Waals surface area contributed by atoms with Crippen molar-refractivity contribution >= 4 is 34.1 Å². The standard InChI is InChI=1S/C24H20O5S/c1-28-19-9-5-8-16-12-20(29-23(16)19)18-14-30-21(22(18)24(26)27)13-17(25)11-10-15-6-3-2-4-7-15/h2-9,12,14H,10-11,13H2,1H3,(H,26,27). The minimum atomic E-state index is -1.07. The van der Waals surface area contributed by atoms with Crippen LogP contribution in [0.5, 0.6) is 5.75 Å². The Kier molecular flexibility index (Phi) is 5.68. The molecule has 0 atom stereocenters. The Morgan fingerprint density at radius 2 is 1.90 bits per heavy atom. The number of thiophene rings is 1. The fourth-order valence-electron chi connectivity index (χ4n) is 3.47. The van der Waals surface area contributed by atoms with E-state index in [1.165, 1.54) is 11.3 Å². The van der Waals surface area contributed by atoms with Gasteiger partial charge in [-0.3, -0.25) is 4.79 Å². The number of para-hydroxylation sites is 1. The highest BCUT2D eigenvalue weighted by molar-refractivity contribution is 7.11. The molecule has 0 unspecified atom stereocenters. The van der Waals surface area contributed by atoms with E-state index >= 15 is 0 Å². The van der Waals surface area contributed by atoms with Crippen LogP contribution in [0, 0.1) is 0 Å². The van der Waals surface area contributed by atoms with Gasteiger partial charge in [0.15, 0.2) is 11.3 Å². The molecule has 2 aromatic carbocycles. The van der Waals surface area contributed by atoms with Gasteiger partial charge >= 0.3 is 5.97 Å². The van der Waals surface area contributed by atoms with Crippen molar-refractivity contribution in [2.45, 2.75) is 19.3 Å². The summed E-state index contributed by atoms with van der Waals surface area (Å²) in [7, 11) is 1.56. The molecule has 0 radical (unpaired) electrons. The number of benzene rings is 2. The molecule has 4 aromatic rings. The Labute approximate surface area is 177 Å². The third kappa shape index (κ3) is 4.00. The third-order valence-corrected chi connectivity index (χ3v) is 5.95. The first-order valence-corrected chi connectivity index (χ1v) is 10.4. The molecule has 0 fully saturated rings. The van der Waals surface area contributed by atoms with Crippen molar-refractivity contribution in [2.75, 3.05) is 7.11 Å². The number of carbonyl (C=O) groups excluding carboxylic acids is 1. The van der Waals surface area contributed by atoms with E-state index in [1.54, 1.807) is 24.6 Å². The molecule has 2 heterocycles. The molecule has 5 nitrogen and oxygen atoms in total. The number of furan rings is 1. The summed E-state index contributed by atoms with van der Waals surface area (Å²) in [6.45, 7) is 0. The van der Waals surface area contributed by atoms with Gasteiger partial charge in [0.25, 0.3) is 0 Å². The number of rotatable bonds is 8. The predicted molar refractivity (Wildman–Crippen MR) is 117 cm³/mol. The van der Waals surface area contributed by atoms with Gasteiger partial charge in [-0.1, -0.05) is 42.5 Å². The molecule has 0 bridgehead atoms. The minimum Gasteiger partial charge on any atom is -0.493 e. The zero-order chi connectivity index (χ0) is 21.1. The molecule has 6 heteroatoms. The molecule has 2 aromatic heterocycles. The Bertz CT molecular complexity index is 1200. The molecule has 1 N–H and O–H groups in total. The summed E-state index contributed by atoms with van der Waals surface area (Å²) in [5.41, 5.74) is 2.27. The van der Waals surface area contributed by atoms with Gasteiger partial charge in [-0.05, 0) is 24.1 Å². The van der Waals surface area contributed by atoms with E-state index in [-0.39, 0.29) is 17.8 Å². The number of fused-ring (bicyclic) bond motifs is 1. The fraction of sp³-hybridized carbons (Fsp3) is 0.167. The van der Waals surface area contributed by atoms with Gasteiger partial charge in [-0.2, -0.15) is 0 Å². The zero-order valence-electron chi connectivity index (χ0n) is 16.4. The first kappa shape index (κ1) is 19.9. The lowest BCUT2D eigenvalue weighted by Crippen LogP contribution is -2.07. The van der Waals surface area contributed by atoms with Crippen LogP contribution in [0.4, 0.5) is 0 Å². The summed E-state index contributed by atoms with van der Waals surface area (Å²) in [5.74, 6) is -0.0149. The van der Waals surface area contributed by atoms with E-state index in [2.05, 4.69) is 0 Å². The second kappa shape index (κ2) is 8.55. The van der Waals surface area contributed by atoms with Crippen LogP contribution in [-0.4, -0.2) is 24.0 Å². The summed E-state index contributed by atoms with van der Waals surface area (Å²) in [6, 6.07) is 17.1. The highest BCUT2D eigenvalue weighted by Crippen LogP contribution is 2.38. The Morgan fingerprint density at radius 3 is 2.63 bits per heavy atom. The van der Waals surface area contributed by atoms with Crippen LogP contribution >= 0.6 is 11.3 Å². The molecule has 0 saturated heterocycles. The van der Waals surface area contributed by atoms with Gasteiger partial charge in [0, 0.05) is 34.0 Å². The third-order valence-electron chi connectivity index (χ3n) is 4.97. The largest absolute Gasteiger partial charge is 0.493 e. The maximum Gasteiger partial charge on any atom is 0.337 e. The fourth-order valence-corrected chi connectivity index (χ4v) is 4.52. The molecular weight excluding hydrogens is 400 g/mol. The maximum absolute atomic E-state index is 12.5. The highest BCUT2D eigenvalue weighted by Gasteiger charge is 2.23. The summed E-state index contributed by atoms with van der Waals surface area (Å²) >= 11 is 1.28. The number of aromatic carboxylic acids is 1. The first-order valence-electron chi connectivity index (χ1n) is 9.53. The van der Waals surface area contributed by atoms with Crippen LogP contribution in [0.3, 0.4) is 0 Å². The number of Topliss-reactive ketones (excluding diaryl/α,β-unsaturated/α-hetero) is 1. The molecule has 0 aliphatic rings. The van der Waals surface area contributed by atoms with Gasteiger partial charge < -0.3 is 14.3 Å². The highest BCUT2D eigenvalue weighted by atomic mass is 32.1. The zero-order valence-corrected chi connectivity index (χ0v) is 17.2. The molecule has 0 aliphatic carbocycles. The quantitative estimate of drug-likeness (QED) is 0.401. The summed E-state index contributed by atoms with van der Waals surface area (Å²) < 4.78 is 11.2. The van der Waals surface area contributed by atoms with Crippen molar-refractivity contribution < 1.29 is 23.8 Å². The summed E-state index contributed by atoms with van der Waals surface area (Å²) in [4.78, 5) is 25.1. The number of ketones is 1. The number of hydrogen-bond donors (Lipinski definition) is 1. The lowest BCUT2D eigenvalue weighted by atomic mass is 10.0. The van der Waals surface area contributed by atoms with Crippen molar-refractivity contribution in [1.82, 2.24) is 0 Å². The lowest BCUT2D eigenvalue weighted by molar-refractivity contribution is -0.118. The number of carbonyl (C=O) groups is 2. The van der Waals surface area contributed by atoms with Crippen LogP contribution in [-0.2, 0) is 17.6 Å². The minimum absolute atomic E-state index is 0.0148. The van der Waals surface area contributed by atoms with E-state index < -0.39 is 5.97 Å². The van der Waals surface area contributed by atoms with Crippen molar-refractivity contribution in [3.05, 3.63) is 76.0 Å². The van der Waals surface area contributed by atoms with E-state index in [1.807, 2.05) is 42.5 Å². The molecule has 4 rings (SSSR count). The topological polar surface area (TPSA) is 76.7 Å². The Balaban J connectivity index is 1.59. The predicted octanol–water partition coefficient (Wildman–Crippen LogP) is 5.61. The first-order chi connectivity index (χ1) is 14.6. The Morgan fingerprint density at radius 1 is 1.10 bits per heavy atom. The van der Waals surface area contributed by atoms with E-state index in [9.17, 15) is 14.7 Å². The average Bonchev–Trinajstić information content (AvgIpc) is 3.36. The van der Waals surface area contributed by atoms with Crippen LogP contribution in [0.15, 0.2) is 64.4 Å². The SMILES string of the molecule is COc1cccc2cc(-c3csc(CC(=O)CCc4ccccc4)c3C(=O)O)oc12. The average molecular weight is 420 g/mol. The molecule has 152 valence electrons. The van der Waals surface area contributed by atoms with Gasteiger partial charge in [0.05, 0.1) is 12.7 Å². The van der Waals surface area contributed by atoms with E-state index in [4.69, 9.17) is 9.15 Å². The van der Waals surface area contributed by atoms with E-state index in [0.717, 1.165) is 10.9 Å². The number of carboxylic acid groups (broad SMARTS) is 1. The Hall–Kier alpha value is -3.38. The van der Waals surface area contributed by atoms with Gasteiger partial charge in [-0.25, -0.2) is 4.79 Å². The van der Waals surface area contributed by atoms with Crippen molar-refractivity contribution in [3.8, 4) is 17.1 Å². The molecule has 0 saturated carbocycles. The number of ether oxygens (including phenoxy) is 1. The second-order valence-corrected chi connectivity index (χ2v) is 7.91. The van der Waals surface area contributed by atoms with E-state index in [0.29, 0.717) is 40.4 Å². The number of methoxy groups -OCH3 is 1. The lowest BCUT2D eigenvalue weighted by Gasteiger charge is -2.03. The normalized spacial score (nSPS) is 11.0. The van der Waals surface area contributed by atoms with Crippen LogP contribution in [0.2, 0.25) is 0 Å². The summed E-state index contributed by atoms with van der Waals surface area (Å²) in [5, 5.41) is 12.4. The van der Waals surface area contributed by atoms with Gasteiger partial charge in [0.2, 0.25) is 0 Å². The smallest absolute Gasteiger partial charge is 0.337 e. The van der Waals surface area contributed by atoms with Crippen molar-refractivity contribution in [2.24, 2.45) is 0 Å². The van der Waals surface area contributed by atoms with Crippen LogP contribution < -0.4 is 4.74 Å². The monoisotopic (exact) mass is 420 g/mol. The second-order valence-electron chi connectivity index (χ2n) is 6.94. The number of carboxylic acids is 1. The maximum atomic E-state index is 12.5. The summed E-state index contributed by atoms with van der Waals surface area (Å²) in [6.07, 6.45) is 1.12. The number of hydrogen-bond acceptors (Lipinski definition) is 5. The van der Waals surface area contributed by atoms with Crippen molar-refractivity contribution in [1.29, 1.82) is 0 Å². The molecule has 30 heavy (non-hydrogen) atoms. The molecule has 0 spiro atoms. The van der Waals surface area contributed by atoms with Crippen LogP contribution in [0.1, 0.15) is 27.2 Å². The van der Waals surface area contributed by atoms with Crippen molar-refractivity contribution in [3.63, 3.8) is 0 Å². The van der Waals surface area contributed by atoms with Crippen LogP contribution in [0.25, 0.3) is 22.3 Å². The number of aryl methyl sites for hydroxylation is 1. The molecule has 0 aliphatic heterocycles. The van der Waals surface area contributed by atoms with Gasteiger partial charge in [-0.15, -0.1) is 11.3 Å².